The summed E-state index contributed by atoms with van der Waals surface area (Å²) in [6, 6.07) is 3.29. The molecule has 0 aliphatic rings. The van der Waals surface area contributed by atoms with Crippen molar-refractivity contribution in [1.29, 1.82) is 0 Å². The van der Waals surface area contributed by atoms with Gasteiger partial charge in [-0.1, -0.05) is 0 Å². The van der Waals surface area contributed by atoms with Gasteiger partial charge in [0.15, 0.2) is 0 Å². The minimum absolute atomic E-state index is 0.160. The second-order valence-corrected chi connectivity index (χ2v) is 4.04. The predicted molar refractivity (Wildman–Crippen MR) is 63.8 cm³/mol. The van der Waals surface area contributed by atoms with Crippen LogP contribution in [-0.2, 0) is 11.2 Å². The molecule has 1 aromatic rings. The van der Waals surface area contributed by atoms with Crippen molar-refractivity contribution in [3.8, 4) is 0 Å². The Morgan fingerprint density at radius 1 is 1.35 bits per heavy atom. The molecule has 1 rings (SSSR count). The maximum absolute atomic E-state index is 13.3. The Kier molecular flexibility index (Phi) is 6.08. The number of nitrogens with two attached hydrogens (primary N) is 1. The molecule has 1 unspecified atom stereocenters. The average molecular weight is 243 g/mol. The van der Waals surface area contributed by atoms with Crippen molar-refractivity contribution in [2.75, 3.05) is 13.2 Å². The molecule has 4 heteroatoms. The molecule has 0 saturated carbocycles. The van der Waals surface area contributed by atoms with Gasteiger partial charge < -0.3 is 10.5 Å². The van der Waals surface area contributed by atoms with E-state index in [1.807, 2.05) is 6.92 Å². The standard InChI is InChI=1S/C13H19F2NO/c1-2-17-7-3-4-12(16)9-10-8-11(14)5-6-13(10)15/h5-6,8,12H,2-4,7,9,16H2,1H3. The van der Waals surface area contributed by atoms with E-state index >= 15 is 0 Å². The molecule has 96 valence electrons. The van der Waals surface area contributed by atoms with E-state index in [1.165, 1.54) is 6.07 Å². The van der Waals surface area contributed by atoms with Gasteiger partial charge in [0.1, 0.15) is 11.6 Å². The van der Waals surface area contributed by atoms with E-state index in [0.29, 0.717) is 25.2 Å². The van der Waals surface area contributed by atoms with Gasteiger partial charge in [0.25, 0.3) is 0 Å². The van der Waals surface area contributed by atoms with Crippen LogP contribution < -0.4 is 5.73 Å². The zero-order valence-corrected chi connectivity index (χ0v) is 10.1. The van der Waals surface area contributed by atoms with Crippen LogP contribution in [0.1, 0.15) is 25.3 Å². The van der Waals surface area contributed by atoms with Crippen molar-refractivity contribution in [3.05, 3.63) is 35.4 Å². The van der Waals surface area contributed by atoms with Crippen molar-refractivity contribution in [3.63, 3.8) is 0 Å². The van der Waals surface area contributed by atoms with Crippen LogP contribution in [-0.4, -0.2) is 19.3 Å². The van der Waals surface area contributed by atoms with Crippen molar-refractivity contribution in [1.82, 2.24) is 0 Å². The Hall–Kier alpha value is -1.00. The third-order valence-electron chi connectivity index (χ3n) is 2.56. The van der Waals surface area contributed by atoms with E-state index in [0.717, 1.165) is 25.0 Å². The number of ether oxygens (including phenoxy) is 1. The maximum Gasteiger partial charge on any atom is 0.126 e. The van der Waals surface area contributed by atoms with Crippen molar-refractivity contribution >= 4 is 0 Å². The zero-order valence-electron chi connectivity index (χ0n) is 10.1. The fraction of sp³-hybridized carbons (Fsp3) is 0.538. The first-order valence-corrected chi connectivity index (χ1v) is 5.90. The summed E-state index contributed by atoms with van der Waals surface area (Å²) in [6.07, 6.45) is 1.94. The number of halogens is 2. The first-order valence-electron chi connectivity index (χ1n) is 5.90. The molecule has 1 aromatic carbocycles. The Labute approximate surface area is 101 Å². The lowest BCUT2D eigenvalue weighted by Gasteiger charge is -2.12. The molecule has 0 radical (unpaired) electrons. The number of rotatable bonds is 7. The molecule has 0 aromatic heterocycles. The lowest BCUT2D eigenvalue weighted by molar-refractivity contribution is 0.142. The highest BCUT2D eigenvalue weighted by Crippen LogP contribution is 2.13. The molecule has 2 N–H and O–H groups in total. The third-order valence-corrected chi connectivity index (χ3v) is 2.56. The molecule has 0 saturated heterocycles. The van der Waals surface area contributed by atoms with Crippen molar-refractivity contribution < 1.29 is 13.5 Å². The SMILES string of the molecule is CCOCCCC(N)Cc1cc(F)ccc1F. The van der Waals surface area contributed by atoms with E-state index in [1.54, 1.807) is 0 Å². The van der Waals surface area contributed by atoms with Crippen LogP contribution in [0.25, 0.3) is 0 Å². The minimum Gasteiger partial charge on any atom is -0.382 e. The summed E-state index contributed by atoms with van der Waals surface area (Å²) in [6.45, 7) is 3.28. The van der Waals surface area contributed by atoms with Crippen LogP contribution in [0.15, 0.2) is 18.2 Å². The summed E-state index contributed by atoms with van der Waals surface area (Å²) < 4.78 is 31.4. The van der Waals surface area contributed by atoms with E-state index in [-0.39, 0.29) is 6.04 Å². The summed E-state index contributed by atoms with van der Waals surface area (Å²) in [4.78, 5) is 0. The first-order chi connectivity index (χ1) is 8.13. The van der Waals surface area contributed by atoms with Crippen LogP contribution in [0.2, 0.25) is 0 Å². The van der Waals surface area contributed by atoms with Gasteiger partial charge >= 0.3 is 0 Å². The fourth-order valence-corrected chi connectivity index (χ4v) is 1.68. The molecule has 1 atom stereocenters. The molecule has 0 bridgehead atoms. The summed E-state index contributed by atoms with van der Waals surface area (Å²) in [5.41, 5.74) is 6.20. The van der Waals surface area contributed by atoms with E-state index in [4.69, 9.17) is 10.5 Å². The second-order valence-electron chi connectivity index (χ2n) is 4.04. The smallest absolute Gasteiger partial charge is 0.126 e. The van der Waals surface area contributed by atoms with Crippen LogP contribution in [0.5, 0.6) is 0 Å². The van der Waals surface area contributed by atoms with Gasteiger partial charge in [0.2, 0.25) is 0 Å². The van der Waals surface area contributed by atoms with Crippen molar-refractivity contribution in [2.24, 2.45) is 5.73 Å². The fourth-order valence-electron chi connectivity index (χ4n) is 1.68. The normalized spacial score (nSPS) is 12.7. The number of hydrogen-bond acceptors (Lipinski definition) is 2. The molecule has 0 aliphatic carbocycles. The molecule has 17 heavy (non-hydrogen) atoms. The molecule has 0 spiro atoms. The topological polar surface area (TPSA) is 35.2 Å². The van der Waals surface area contributed by atoms with Gasteiger partial charge in [0, 0.05) is 19.3 Å². The van der Waals surface area contributed by atoms with Gasteiger partial charge in [-0.05, 0) is 49.9 Å². The zero-order chi connectivity index (χ0) is 12.7. The monoisotopic (exact) mass is 243 g/mol. The molecule has 0 aliphatic heterocycles. The quantitative estimate of drug-likeness (QED) is 0.747. The number of benzene rings is 1. The summed E-state index contributed by atoms with van der Waals surface area (Å²) in [7, 11) is 0. The first kappa shape index (κ1) is 14.1. The Balaban J connectivity index is 2.39. The van der Waals surface area contributed by atoms with Crippen LogP contribution in [0.4, 0.5) is 8.78 Å². The van der Waals surface area contributed by atoms with Gasteiger partial charge in [-0.2, -0.15) is 0 Å². The van der Waals surface area contributed by atoms with E-state index in [2.05, 4.69) is 0 Å². The molecule has 2 nitrogen and oxygen atoms in total. The summed E-state index contributed by atoms with van der Waals surface area (Å²) >= 11 is 0. The molecule has 0 heterocycles. The van der Waals surface area contributed by atoms with Gasteiger partial charge in [-0.15, -0.1) is 0 Å². The largest absolute Gasteiger partial charge is 0.382 e. The van der Waals surface area contributed by atoms with E-state index < -0.39 is 11.6 Å². The second kappa shape index (κ2) is 7.35. The molecule has 0 fully saturated rings. The van der Waals surface area contributed by atoms with Crippen LogP contribution >= 0.6 is 0 Å². The maximum atomic E-state index is 13.3. The summed E-state index contributed by atoms with van der Waals surface area (Å²) in [5.74, 6) is -0.824. The van der Waals surface area contributed by atoms with Gasteiger partial charge in [0.05, 0.1) is 0 Å². The highest BCUT2D eigenvalue weighted by atomic mass is 19.1. The van der Waals surface area contributed by atoms with Crippen molar-refractivity contribution in [2.45, 2.75) is 32.2 Å². The number of hydrogen-bond donors (Lipinski definition) is 1. The minimum atomic E-state index is -0.428. The molecular weight excluding hydrogens is 224 g/mol. The van der Waals surface area contributed by atoms with Gasteiger partial charge in [-0.3, -0.25) is 0 Å². The predicted octanol–water partition coefficient (Wildman–Crippen LogP) is 2.65. The third kappa shape index (κ3) is 5.24. The highest BCUT2D eigenvalue weighted by molar-refractivity contribution is 5.19. The summed E-state index contributed by atoms with van der Waals surface area (Å²) in [5, 5.41) is 0. The lowest BCUT2D eigenvalue weighted by Crippen LogP contribution is -2.23. The molecular formula is C13H19F2NO. The van der Waals surface area contributed by atoms with E-state index in [9.17, 15) is 8.78 Å². The van der Waals surface area contributed by atoms with Crippen LogP contribution in [0.3, 0.4) is 0 Å². The Morgan fingerprint density at radius 3 is 2.82 bits per heavy atom. The Morgan fingerprint density at radius 2 is 2.12 bits per heavy atom. The molecule has 0 amide bonds. The average Bonchev–Trinajstić information content (AvgIpc) is 2.29. The highest BCUT2D eigenvalue weighted by Gasteiger charge is 2.09. The van der Waals surface area contributed by atoms with Gasteiger partial charge in [-0.25, -0.2) is 8.78 Å². The Bertz CT molecular complexity index is 344. The van der Waals surface area contributed by atoms with Crippen LogP contribution in [0, 0.1) is 11.6 Å². The lowest BCUT2D eigenvalue weighted by atomic mass is 10.0.